The normalized spacial score (nSPS) is 19.7. The molecule has 0 unspecified atom stereocenters. The summed E-state index contributed by atoms with van der Waals surface area (Å²) in [5.74, 6) is 2.57. The highest BCUT2D eigenvalue weighted by Gasteiger charge is 2.21. The molecule has 0 amide bonds. The first-order valence-electron chi connectivity index (χ1n) is 9.33. The molecule has 0 bridgehead atoms. The topological polar surface area (TPSA) is 79.5 Å². The predicted octanol–water partition coefficient (Wildman–Crippen LogP) is 1.69. The number of morpholine rings is 1. The number of aryl methyl sites for hydroxylation is 1. The van der Waals surface area contributed by atoms with Gasteiger partial charge in [-0.2, -0.15) is 4.98 Å². The van der Waals surface area contributed by atoms with Crippen molar-refractivity contribution in [3.63, 3.8) is 0 Å². The van der Waals surface area contributed by atoms with Gasteiger partial charge in [0, 0.05) is 51.0 Å². The van der Waals surface area contributed by atoms with Crippen molar-refractivity contribution >= 4 is 11.8 Å². The van der Waals surface area contributed by atoms with Crippen molar-refractivity contribution in [2.45, 2.75) is 32.4 Å². The molecule has 2 fully saturated rings. The molecule has 0 saturated carbocycles. The Morgan fingerprint density at radius 3 is 2.73 bits per heavy atom. The van der Waals surface area contributed by atoms with Crippen molar-refractivity contribution in [1.29, 1.82) is 0 Å². The van der Waals surface area contributed by atoms with Gasteiger partial charge < -0.3 is 19.5 Å². The molecule has 140 valence electrons. The van der Waals surface area contributed by atoms with Crippen LogP contribution in [0.2, 0.25) is 0 Å². The maximum atomic E-state index is 5.40. The fourth-order valence-corrected chi connectivity index (χ4v) is 3.51. The van der Waals surface area contributed by atoms with Crippen LogP contribution in [-0.4, -0.2) is 65.5 Å². The van der Waals surface area contributed by atoms with E-state index in [1.807, 2.05) is 25.3 Å². The van der Waals surface area contributed by atoms with Crippen molar-refractivity contribution in [1.82, 2.24) is 20.0 Å². The van der Waals surface area contributed by atoms with Gasteiger partial charge in [0.1, 0.15) is 11.6 Å². The summed E-state index contributed by atoms with van der Waals surface area (Å²) < 4.78 is 10.6. The summed E-state index contributed by atoms with van der Waals surface area (Å²) >= 11 is 0. The fourth-order valence-electron chi connectivity index (χ4n) is 3.51. The Morgan fingerprint density at radius 1 is 1.19 bits per heavy atom. The Kier molecular flexibility index (Phi) is 5.31. The lowest BCUT2D eigenvalue weighted by Gasteiger charge is -2.32. The van der Waals surface area contributed by atoms with Crippen LogP contribution >= 0.6 is 0 Å². The standard InChI is InChI=1S/C18H26N6O2/c1-14-12-16(22-26-14)13-23-6-3-15(4-7-23)20-17-2-5-19-18(21-17)24-8-10-25-11-9-24/h2,5,12,15H,3-4,6-11,13H2,1H3,(H,19,20,21). The molecule has 0 radical (unpaired) electrons. The van der Waals surface area contributed by atoms with Crippen LogP contribution in [0, 0.1) is 6.92 Å². The third kappa shape index (κ3) is 4.31. The summed E-state index contributed by atoms with van der Waals surface area (Å²) in [6, 6.07) is 4.41. The van der Waals surface area contributed by atoms with Gasteiger partial charge in [-0.05, 0) is 25.8 Å². The zero-order valence-electron chi connectivity index (χ0n) is 15.2. The van der Waals surface area contributed by atoms with E-state index in [1.165, 1.54) is 0 Å². The van der Waals surface area contributed by atoms with Crippen LogP contribution in [0.4, 0.5) is 11.8 Å². The van der Waals surface area contributed by atoms with E-state index in [1.54, 1.807) is 0 Å². The largest absolute Gasteiger partial charge is 0.378 e. The number of nitrogens with one attached hydrogen (secondary N) is 1. The Hall–Kier alpha value is -2.19. The Labute approximate surface area is 153 Å². The lowest BCUT2D eigenvalue weighted by Crippen LogP contribution is -2.39. The minimum absolute atomic E-state index is 0.442. The molecule has 8 heteroatoms. The van der Waals surface area contributed by atoms with E-state index in [9.17, 15) is 0 Å². The van der Waals surface area contributed by atoms with Gasteiger partial charge in [0.05, 0.1) is 18.9 Å². The molecule has 0 atom stereocenters. The van der Waals surface area contributed by atoms with Crippen LogP contribution in [-0.2, 0) is 11.3 Å². The number of rotatable bonds is 5. The van der Waals surface area contributed by atoms with Crippen molar-refractivity contribution < 1.29 is 9.26 Å². The molecule has 2 aromatic heterocycles. The minimum Gasteiger partial charge on any atom is -0.378 e. The summed E-state index contributed by atoms with van der Waals surface area (Å²) in [5, 5.41) is 7.67. The average Bonchev–Trinajstić information content (AvgIpc) is 3.09. The van der Waals surface area contributed by atoms with Gasteiger partial charge in [-0.1, -0.05) is 5.16 Å². The first-order valence-corrected chi connectivity index (χ1v) is 9.33. The number of hydrogen-bond acceptors (Lipinski definition) is 8. The summed E-state index contributed by atoms with van der Waals surface area (Å²) in [6.45, 7) is 8.07. The van der Waals surface area contributed by atoms with Gasteiger partial charge in [-0.15, -0.1) is 0 Å². The van der Waals surface area contributed by atoms with Crippen LogP contribution < -0.4 is 10.2 Å². The highest BCUT2D eigenvalue weighted by molar-refractivity contribution is 5.42. The van der Waals surface area contributed by atoms with Crippen molar-refractivity contribution in [3.8, 4) is 0 Å². The number of ether oxygens (including phenoxy) is 1. The maximum absolute atomic E-state index is 5.40. The molecule has 2 aromatic rings. The molecule has 8 nitrogen and oxygen atoms in total. The molecule has 0 aromatic carbocycles. The van der Waals surface area contributed by atoms with Gasteiger partial charge in [-0.25, -0.2) is 4.98 Å². The minimum atomic E-state index is 0.442. The first kappa shape index (κ1) is 17.2. The van der Waals surface area contributed by atoms with Crippen LogP contribution in [0.1, 0.15) is 24.3 Å². The number of nitrogens with zero attached hydrogens (tertiary/aromatic N) is 5. The Bertz CT molecular complexity index is 707. The number of hydrogen-bond donors (Lipinski definition) is 1. The third-order valence-corrected chi connectivity index (χ3v) is 4.94. The van der Waals surface area contributed by atoms with Crippen LogP contribution in [0.15, 0.2) is 22.9 Å². The monoisotopic (exact) mass is 358 g/mol. The molecule has 0 aliphatic carbocycles. The summed E-state index contributed by atoms with van der Waals surface area (Å²) in [5.41, 5.74) is 1.01. The smallest absolute Gasteiger partial charge is 0.227 e. The summed E-state index contributed by atoms with van der Waals surface area (Å²) in [4.78, 5) is 13.7. The molecule has 4 heterocycles. The third-order valence-electron chi connectivity index (χ3n) is 4.94. The van der Waals surface area contributed by atoms with Crippen LogP contribution in [0.25, 0.3) is 0 Å². The number of piperidine rings is 1. The fraction of sp³-hybridized carbons (Fsp3) is 0.611. The van der Waals surface area contributed by atoms with Crippen molar-refractivity contribution in [2.75, 3.05) is 49.6 Å². The average molecular weight is 358 g/mol. The molecule has 1 N–H and O–H groups in total. The molecule has 26 heavy (non-hydrogen) atoms. The number of likely N-dealkylation sites (tertiary alicyclic amines) is 1. The van der Waals surface area contributed by atoms with Crippen LogP contribution in [0.5, 0.6) is 0 Å². The molecular formula is C18H26N6O2. The van der Waals surface area contributed by atoms with Crippen molar-refractivity contribution in [3.05, 3.63) is 29.8 Å². The molecule has 2 aliphatic heterocycles. The highest BCUT2D eigenvalue weighted by atomic mass is 16.5. The second-order valence-electron chi connectivity index (χ2n) is 6.96. The molecule has 0 spiro atoms. The number of aromatic nitrogens is 3. The maximum Gasteiger partial charge on any atom is 0.227 e. The SMILES string of the molecule is Cc1cc(CN2CCC(Nc3ccnc(N4CCOCC4)n3)CC2)no1. The number of anilines is 2. The van der Waals surface area contributed by atoms with Crippen LogP contribution in [0.3, 0.4) is 0 Å². The molecule has 4 rings (SSSR count). The van der Waals surface area contributed by atoms with E-state index in [0.717, 1.165) is 82.0 Å². The zero-order valence-corrected chi connectivity index (χ0v) is 15.2. The second-order valence-corrected chi connectivity index (χ2v) is 6.96. The van der Waals surface area contributed by atoms with E-state index in [0.29, 0.717) is 6.04 Å². The Morgan fingerprint density at radius 2 is 2.00 bits per heavy atom. The lowest BCUT2D eigenvalue weighted by molar-refractivity contribution is 0.122. The van der Waals surface area contributed by atoms with E-state index in [-0.39, 0.29) is 0 Å². The summed E-state index contributed by atoms with van der Waals surface area (Å²) in [7, 11) is 0. The van der Waals surface area contributed by atoms with E-state index in [2.05, 4.69) is 25.3 Å². The predicted molar refractivity (Wildman–Crippen MR) is 98.2 cm³/mol. The van der Waals surface area contributed by atoms with Gasteiger partial charge in [0.2, 0.25) is 5.95 Å². The second kappa shape index (κ2) is 8.01. The lowest BCUT2D eigenvalue weighted by atomic mass is 10.0. The van der Waals surface area contributed by atoms with E-state index in [4.69, 9.17) is 14.2 Å². The van der Waals surface area contributed by atoms with Crippen molar-refractivity contribution in [2.24, 2.45) is 0 Å². The van der Waals surface area contributed by atoms with E-state index < -0.39 is 0 Å². The quantitative estimate of drug-likeness (QED) is 0.865. The summed E-state index contributed by atoms with van der Waals surface area (Å²) in [6.07, 6.45) is 4.02. The van der Waals surface area contributed by atoms with E-state index >= 15 is 0 Å². The molecular weight excluding hydrogens is 332 g/mol. The van der Waals surface area contributed by atoms with Gasteiger partial charge >= 0.3 is 0 Å². The Balaban J connectivity index is 1.28. The molecule has 2 saturated heterocycles. The highest BCUT2D eigenvalue weighted by Crippen LogP contribution is 2.19. The molecule has 2 aliphatic rings. The zero-order chi connectivity index (χ0) is 17.8. The van der Waals surface area contributed by atoms with Gasteiger partial charge in [-0.3, -0.25) is 4.90 Å². The first-order chi connectivity index (χ1) is 12.8. The van der Waals surface area contributed by atoms with Gasteiger partial charge in [0.25, 0.3) is 0 Å². The van der Waals surface area contributed by atoms with Gasteiger partial charge in [0.15, 0.2) is 0 Å².